The van der Waals surface area contributed by atoms with Gasteiger partial charge in [0.2, 0.25) is 0 Å². The van der Waals surface area contributed by atoms with Crippen LogP contribution >= 0.6 is 11.5 Å². The number of anilines is 3. The number of hydrogen-bond acceptors (Lipinski definition) is 9. The van der Waals surface area contributed by atoms with E-state index in [9.17, 15) is 4.79 Å². The van der Waals surface area contributed by atoms with E-state index in [2.05, 4.69) is 35.0 Å². The summed E-state index contributed by atoms with van der Waals surface area (Å²) in [4.78, 5) is 21.4. The van der Waals surface area contributed by atoms with Crippen LogP contribution in [0.25, 0.3) is 0 Å². The second-order valence-electron chi connectivity index (χ2n) is 6.59. The Balaban J connectivity index is 1.35. The lowest BCUT2D eigenvalue weighted by molar-refractivity contribution is 0.0750. The van der Waals surface area contributed by atoms with E-state index in [-0.39, 0.29) is 5.91 Å². The Morgan fingerprint density at radius 3 is 2.39 bits per heavy atom. The summed E-state index contributed by atoms with van der Waals surface area (Å²) in [6.07, 6.45) is 1.80. The highest BCUT2D eigenvalue weighted by atomic mass is 32.1. The molecule has 0 aliphatic carbocycles. The van der Waals surface area contributed by atoms with Crippen LogP contribution in [0.1, 0.15) is 20.9 Å². The third-order valence-electron chi connectivity index (χ3n) is 4.55. The van der Waals surface area contributed by atoms with E-state index in [4.69, 9.17) is 0 Å². The molecule has 1 amide bonds. The highest BCUT2D eigenvalue weighted by Crippen LogP contribution is 2.19. The highest BCUT2D eigenvalue weighted by Gasteiger charge is 2.25. The zero-order valence-electron chi connectivity index (χ0n) is 15.7. The fourth-order valence-corrected chi connectivity index (χ4v) is 3.57. The van der Waals surface area contributed by atoms with Crippen LogP contribution in [0.2, 0.25) is 0 Å². The number of aryl methyl sites for hydroxylation is 2. The molecule has 1 saturated heterocycles. The number of nitrogens with one attached hydrogen (secondary N) is 1. The van der Waals surface area contributed by atoms with Crippen molar-refractivity contribution in [2.45, 2.75) is 13.8 Å². The number of rotatable bonds is 4. The van der Waals surface area contributed by atoms with Crippen molar-refractivity contribution in [3.63, 3.8) is 0 Å². The number of hydrogen-bond donors (Lipinski definition) is 1. The van der Waals surface area contributed by atoms with E-state index in [1.54, 1.807) is 6.20 Å². The number of amides is 1. The molecular formula is C18H20N8OS. The Bertz CT molecular complexity index is 948. The van der Waals surface area contributed by atoms with Gasteiger partial charge < -0.3 is 15.1 Å². The van der Waals surface area contributed by atoms with E-state index >= 15 is 0 Å². The predicted octanol–water partition coefficient (Wildman–Crippen LogP) is 2.05. The average molecular weight is 396 g/mol. The standard InChI is InChI=1S/C18H20N8OS/c1-12-3-4-14(19-11-12)20-15-5-6-16(23-22-15)25-7-9-26(10-8-25)18(27)17-13(2)21-24-28-17/h3-6,11H,7-10H2,1-2H3,(H,19,20,22). The quantitative estimate of drug-likeness (QED) is 0.715. The number of nitrogens with zero attached hydrogens (tertiary/aromatic N) is 7. The molecule has 1 aliphatic heterocycles. The van der Waals surface area contributed by atoms with Gasteiger partial charge >= 0.3 is 0 Å². The average Bonchev–Trinajstić information content (AvgIpc) is 3.16. The Morgan fingerprint density at radius 1 is 1.00 bits per heavy atom. The van der Waals surface area contributed by atoms with Crippen molar-refractivity contribution in [3.8, 4) is 0 Å². The molecule has 0 aromatic carbocycles. The van der Waals surface area contributed by atoms with Crippen molar-refractivity contribution in [1.82, 2.24) is 29.7 Å². The molecule has 1 N–H and O–H groups in total. The first-order valence-electron chi connectivity index (χ1n) is 8.97. The molecule has 1 fully saturated rings. The molecule has 3 aromatic rings. The maximum atomic E-state index is 12.6. The van der Waals surface area contributed by atoms with Crippen LogP contribution in [-0.2, 0) is 0 Å². The second kappa shape index (κ2) is 7.85. The number of piperazine rings is 1. The third-order valence-corrected chi connectivity index (χ3v) is 5.37. The molecule has 0 radical (unpaired) electrons. The van der Waals surface area contributed by atoms with Crippen LogP contribution in [0.4, 0.5) is 17.5 Å². The lowest BCUT2D eigenvalue weighted by Crippen LogP contribution is -2.49. The fourth-order valence-electron chi connectivity index (χ4n) is 2.94. The van der Waals surface area contributed by atoms with Gasteiger partial charge in [-0.25, -0.2) is 4.98 Å². The monoisotopic (exact) mass is 396 g/mol. The molecular weight excluding hydrogens is 376 g/mol. The number of carbonyl (C=O) groups is 1. The van der Waals surface area contributed by atoms with Crippen LogP contribution < -0.4 is 10.2 Å². The van der Waals surface area contributed by atoms with Crippen molar-refractivity contribution in [2.75, 3.05) is 36.4 Å². The Kier molecular flexibility index (Phi) is 5.11. The van der Waals surface area contributed by atoms with Gasteiger partial charge in [-0.3, -0.25) is 4.79 Å². The summed E-state index contributed by atoms with van der Waals surface area (Å²) >= 11 is 1.15. The first kappa shape index (κ1) is 18.2. The van der Waals surface area contributed by atoms with Gasteiger partial charge in [0.1, 0.15) is 10.7 Å². The second-order valence-corrected chi connectivity index (χ2v) is 7.34. The van der Waals surface area contributed by atoms with E-state index in [1.807, 2.05) is 43.0 Å². The van der Waals surface area contributed by atoms with Crippen molar-refractivity contribution >= 4 is 34.9 Å². The van der Waals surface area contributed by atoms with Gasteiger partial charge in [-0.15, -0.1) is 15.3 Å². The summed E-state index contributed by atoms with van der Waals surface area (Å²) in [5.41, 5.74) is 1.79. The SMILES string of the molecule is Cc1ccc(Nc2ccc(N3CCN(C(=O)c4snnc4C)CC3)nn2)nc1. The molecule has 0 unspecified atom stereocenters. The molecule has 0 spiro atoms. The maximum absolute atomic E-state index is 12.6. The molecule has 9 nitrogen and oxygen atoms in total. The third kappa shape index (κ3) is 3.91. The minimum Gasteiger partial charge on any atom is -0.352 e. The largest absolute Gasteiger partial charge is 0.352 e. The van der Waals surface area contributed by atoms with Gasteiger partial charge in [-0.1, -0.05) is 10.6 Å². The molecule has 1 aliphatic rings. The van der Waals surface area contributed by atoms with E-state index in [0.29, 0.717) is 42.6 Å². The van der Waals surface area contributed by atoms with Crippen LogP contribution in [0.3, 0.4) is 0 Å². The van der Waals surface area contributed by atoms with Crippen LogP contribution in [0, 0.1) is 13.8 Å². The smallest absolute Gasteiger partial charge is 0.267 e. The van der Waals surface area contributed by atoms with Crippen LogP contribution in [0.5, 0.6) is 0 Å². The topological polar surface area (TPSA) is 100 Å². The zero-order chi connectivity index (χ0) is 19.5. The Labute approximate surface area is 166 Å². The minimum absolute atomic E-state index is 0.00313. The van der Waals surface area contributed by atoms with Crippen molar-refractivity contribution in [3.05, 3.63) is 46.6 Å². The summed E-state index contributed by atoms with van der Waals surface area (Å²) in [5.74, 6) is 2.17. The molecule has 3 aromatic heterocycles. The van der Waals surface area contributed by atoms with Crippen LogP contribution in [-0.4, -0.2) is 61.8 Å². The number of pyridine rings is 1. The lowest BCUT2D eigenvalue weighted by atomic mass is 10.2. The summed E-state index contributed by atoms with van der Waals surface area (Å²) < 4.78 is 3.85. The Hall–Kier alpha value is -3.14. The summed E-state index contributed by atoms with van der Waals surface area (Å²) in [5, 5.41) is 15.6. The first-order chi connectivity index (χ1) is 13.6. The van der Waals surface area contributed by atoms with Gasteiger partial charge in [0.25, 0.3) is 5.91 Å². The minimum atomic E-state index is 0.00313. The van der Waals surface area contributed by atoms with Crippen molar-refractivity contribution in [2.24, 2.45) is 0 Å². The molecule has 0 saturated carbocycles. The molecule has 4 rings (SSSR count). The fraction of sp³-hybridized carbons (Fsp3) is 0.333. The van der Waals surface area contributed by atoms with Gasteiger partial charge in [0.05, 0.1) is 5.69 Å². The zero-order valence-corrected chi connectivity index (χ0v) is 16.5. The number of aromatic nitrogens is 5. The molecule has 4 heterocycles. The predicted molar refractivity (Wildman–Crippen MR) is 107 cm³/mol. The summed E-state index contributed by atoms with van der Waals surface area (Å²) in [6.45, 7) is 6.48. The van der Waals surface area contributed by atoms with Gasteiger partial charge in [0.15, 0.2) is 11.6 Å². The molecule has 144 valence electrons. The molecule has 28 heavy (non-hydrogen) atoms. The lowest BCUT2D eigenvalue weighted by Gasteiger charge is -2.34. The van der Waals surface area contributed by atoms with Gasteiger partial charge in [-0.05, 0) is 49.1 Å². The number of carbonyl (C=O) groups excluding carboxylic acids is 1. The first-order valence-corrected chi connectivity index (χ1v) is 9.74. The van der Waals surface area contributed by atoms with Crippen molar-refractivity contribution < 1.29 is 4.79 Å². The molecule has 0 bridgehead atoms. The van der Waals surface area contributed by atoms with E-state index < -0.39 is 0 Å². The van der Waals surface area contributed by atoms with E-state index in [1.165, 1.54) is 0 Å². The van der Waals surface area contributed by atoms with Gasteiger partial charge in [0, 0.05) is 32.4 Å². The van der Waals surface area contributed by atoms with Crippen molar-refractivity contribution in [1.29, 1.82) is 0 Å². The normalized spacial score (nSPS) is 14.2. The summed E-state index contributed by atoms with van der Waals surface area (Å²) in [6, 6.07) is 7.70. The summed E-state index contributed by atoms with van der Waals surface area (Å²) in [7, 11) is 0. The maximum Gasteiger partial charge on any atom is 0.267 e. The molecule has 0 atom stereocenters. The van der Waals surface area contributed by atoms with Gasteiger partial charge in [-0.2, -0.15) is 0 Å². The highest BCUT2D eigenvalue weighted by molar-refractivity contribution is 7.07. The van der Waals surface area contributed by atoms with E-state index in [0.717, 1.165) is 28.7 Å². The van der Waals surface area contributed by atoms with Crippen LogP contribution in [0.15, 0.2) is 30.5 Å². The molecule has 10 heteroatoms. The Morgan fingerprint density at radius 2 is 1.79 bits per heavy atom.